The van der Waals surface area contributed by atoms with Gasteiger partial charge in [0.15, 0.2) is 23.1 Å². The predicted molar refractivity (Wildman–Crippen MR) is 74.9 cm³/mol. The zero-order chi connectivity index (χ0) is 14.9. The molecule has 6 heteroatoms. The lowest BCUT2D eigenvalue weighted by Crippen LogP contribution is -1.97. The Bertz CT molecular complexity index is 603. The van der Waals surface area contributed by atoms with Gasteiger partial charge in [-0.25, -0.2) is 8.78 Å². The van der Waals surface area contributed by atoms with Crippen LogP contribution in [0.2, 0.25) is 10.0 Å². The Hall–Kier alpha value is -1.52. The van der Waals surface area contributed by atoms with E-state index in [9.17, 15) is 8.78 Å². The summed E-state index contributed by atoms with van der Waals surface area (Å²) in [5.41, 5.74) is 0.520. The van der Waals surface area contributed by atoms with E-state index < -0.39 is 11.6 Å². The highest BCUT2D eigenvalue weighted by molar-refractivity contribution is 6.31. The minimum atomic E-state index is -0.655. The maximum atomic E-state index is 13.9. The van der Waals surface area contributed by atoms with Crippen LogP contribution in [0.4, 0.5) is 8.78 Å². The molecule has 106 valence electrons. The van der Waals surface area contributed by atoms with E-state index in [1.807, 2.05) is 0 Å². The van der Waals surface area contributed by atoms with Crippen LogP contribution in [0.15, 0.2) is 24.3 Å². The van der Waals surface area contributed by atoms with E-state index in [2.05, 4.69) is 0 Å². The van der Waals surface area contributed by atoms with Gasteiger partial charge in [-0.3, -0.25) is 0 Å². The van der Waals surface area contributed by atoms with E-state index in [-0.39, 0.29) is 32.7 Å². The molecule has 0 saturated carbocycles. The molecule has 0 atom stereocenters. The van der Waals surface area contributed by atoms with E-state index in [4.69, 9.17) is 32.7 Å². The third-order valence-corrected chi connectivity index (χ3v) is 3.15. The fourth-order valence-electron chi connectivity index (χ4n) is 1.94. The molecule has 0 amide bonds. The molecule has 0 unspecified atom stereocenters. The quantitative estimate of drug-likeness (QED) is 0.796. The van der Waals surface area contributed by atoms with Crippen molar-refractivity contribution in [2.24, 2.45) is 0 Å². The van der Waals surface area contributed by atoms with Gasteiger partial charge in [-0.2, -0.15) is 0 Å². The molecular formula is C14H10Cl2F2O2. The lowest BCUT2D eigenvalue weighted by Gasteiger charge is -2.14. The number of rotatable bonds is 3. The topological polar surface area (TPSA) is 18.5 Å². The Kier molecular flexibility index (Phi) is 4.35. The molecule has 2 rings (SSSR count). The highest BCUT2D eigenvalue weighted by Crippen LogP contribution is 2.42. The van der Waals surface area contributed by atoms with Crippen LogP contribution < -0.4 is 9.47 Å². The lowest BCUT2D eigenvalue weighted by molar-refractivity contribution is 0.382. The first kappa shape index (κ1) is 14.9. The number of ether oxygens (including phenoxy) is 2. The molecule has 0 fully saturated rings. The third kappa shape index (κ3) is 2.67. The van der Waals surface area contributed by atoms with Gasteiger partial charge in [-0.1, -0.05) is 23.2 Å². The van der Waals surface area contributed by atoms with Crippen molar-refractivity contribution in [1.29, 1.82) is 0 Å². The zero-order valence-electron chi connectivity index (χ0n) is 10.6. The molecule has 0 saturated heterocycles. The Morgan fingerprint density at radius 3 is 1.40 bits per heavy atom. The Labute approximate surface area is 124 Å². The average molecular weight is 319 g/mol. The van der Waals surface area contributed by atoms with Crippen LogP contribution in [-0.2, 0) is 0 Å². The zero-order valence-corrected chi connectivity index (χ0v) is 12.1. The Morgan fingerprint density at radius 2 is 1.10 bits per heavy atom. The van der Waals surface area contributed by atoms with Crippen LogP contribution >= 0.6 is 23.2 Å². The molecule has 2 nitrogen and oxygen atoms in total. The molecule has 0 radical (unpaired) electrons. The number of benzene rings is 2. The third-order valence-electron chi connectivity index (χ3n) is 2.72. The minimum absolute atomic E-state index is 0.0608. The van der Waals surface area contributed by atoms with Gasteiger partial charge >= 0.3 is 0 Å². The number of hydrogen-bond acceptors (Lipinski definition) is 2. The molecule has 0 aliphatic rings. The first-order chi connectivity index (χ1) is 9.47. The standard InChI is InChI=1S/C14H10Cl2F2O2/c1-19-13-9(3-7(15)5-11(13)17)10-4-8(16)6-12(18)14(10)20-2/h3-6H,1-2H3. The molecule has 20 heavy (non-hydrogen) atoms. The number of methoxy groups -OCH3 is 2. The van der Waals surface area contributed by atoms with Gasteiger partial charge < -0.3 is 9.47 Å². The maximum Gasteiger partial charge on any atom is 0.167 e. The number of halogens is 4. The Morgan fingerprint density at radius 1 is 0.750 bits per heavy atom. The van der Waals surface area contributed by atoms with Crippen LogP contribution in [-0.4, -0.2) is 14.2 Å². The fourth-order valence-corrected chi connectivity index (χ4v) is 2.35. The largest absolute Gasteiger partial charge is 0.493 e. The summed E-state index contributed by atoms with van der Waals surface area (Å²) in [7, 11) is 2.62. The second kappa shape index (κ2) is 5.85. The summed E-state index contributed by atoms with van der Waals surface area (Å²) >= 11 is 11.7. The molecule has 2 aromatic rings. The van der Waals surface area contributed by atoms with Gasteiger partial charge in [0, 0.05) is 21.2 Å². The highest BCUT2D eigenvalue weighted by atomic mass is 35.5. The summed E-state index contributed by atoms with van der Waals surface area (Å²) in [4.78, 5) is 0. The summed E-state index contributed by atoms with van der Waals surface area (Å²) < 4.78 is 37.7. The molecule has 0 N–H and O–H groups in total. The normalized spacial score (nSPS) is 10.5. The van der Waals surface area contributed by atoms with Crippen molar-refractivity contribution >= 4 is 23.2 Å². The number of hydrogen-bond donors (Lipinski definition) is 0. The molecule has 0 aromatic heterocycles. The van der Waals surface area contributed by atoms with Crippen molar-refractivity contribution in [2.45, 2.75) is 0 Å². The summed E-state index contributed by atoms with van der Waals surface area (Å²) in [5, 5.41) is 0.307. The van der Waals surface area contributed by atoms with Crippen LogP contribution in [0, 0.1) is 11.6 Å². The van der Waals surface area contributed by atoms with E-state index >= 15 is 0 Å². The summed E-state index contributed by atoms with van der Waals surface area (Å²) in [6.45, 7) is 0. The molecule has 0 heterocycles. The highest BCUT2D eigenvalue weighted by Gasteiger charge is 2.19. The SMILES string of the molecule is COc1c(F)cc(Cl)cc1-c1cc(Cl)cc(F)c1OC. The van der Waals surface area contributed by atoms with Crippen molar-refractivity contribution in [3.8, 4) is 22.6 Å². The van der Waals surface area contributed by atoms with Crippen molar-refractivity contribution in [3.63, 3.8) is 0 Å². The summed E-state index contributed by atoms with van der Waals surface area (Å²) in [6.07, 6.45) is 0. The Balaban J connectivity index is 2.80. The van der Waals surface area contributed by atoms with E-state index in [1.54, 1.807) is 0 Å². The van der Waals surface area contributed by atoms with Crippen molar-refractivity contribution in [3.05, 3.63) is 45.9 Å². The molecule has 0 aliphatic heterocycles. The molecule has 0 aliphatic carbocycles. The minimum Gasteiger partial charge on any atom is -0.493 e. The van der Waals surface area contributed by atoms with Gasteiger partial charge in [-0.05, 0) is 24.3 Å². The summed E-state index contributed by atoms with van der Waals surface area (Å²) in [5.74, 6) is -1.43. The van der Waals surface area contributed by atoms with Gasteiger partial charge in [0.25, 0.3) is 0 Å². The lowest BCUT2D eigenvalue weighted by atomic mass is 10.0. The van der Waals surface area contributed by atoms with E-state index in [0.717, 1.165) is 12.1 Å². The van der Waals surface area contributed by atoms with Crippen molar-refractivity contribution in [2.75, 3.05) is 14.2 Å². The second-order valence-electron chi connectivity index (χ2n) is 3.94. The molecule has 2 aromatic carbocycles. The summed E-state index contributed by atoms with van der Waals surface area (Å²) in [6, 6.07) is 5.13. The van der Waals surface area contributed by atoms with Crippen molar-refractivity contribution < 1.29 is 18.3 Å². The second-order valence-corrected chi connectivity index (χ2v) is 4.81. The fraction of sp³-hybridized carbons (Fsp3) is 0.143. The van der Waals surface area contributed by atoms with Crippen LogP contribution in [0.1, 0.15) is 0 Å². The van der Waals surface area contributed by atoms with Crippen molar-refractivity contribution in [1.82, 2.24) is 0 Å². The van der Waals surface area contributed by atoms with Crippen LogP contribution in [0.3, 0.4) is 0 Å². The van der Waals surface area contributed by atoms with Crippen LogP contribution in [0.25, 0.3) is 11.1 Å². The molecular weight excluding hydrogens is 309 g/mol. The monoisotopic (exact) mass is 318 g/mol. The average Bonchev–Trinajstić information content (AvgIpc) is 2.37. The van der Waals surface area contributed by atoms with Gasteiger partial charge in [0.2, 0.25) is 0 Å². The van der Waals surface area contributed by atoms with Crippen LogP contribution in [0.5, 0.6) is 11.5 Å². The predicted octanol–water partition coefficient (Wildman–Crippen LogP) is 4.96. The van der Waals surface area contributed by atoms with E-state index in [1.165, 1.54) is 26.4 Å². The smallest absolute Gasteiger partial charge is 0.167 e. The molecule has 0 spiro atoms. The molecule has 0 bridgehead atoms. The van der Waals surface area contributed by atoms with E-state index in [0.29, 0.717) is 0 Å². The maximum absolute atomic E-state index is 13.9. The van der Waals surface area contributed by atoms with Gasteiger partial charge in [0.05, 0.1) is 14.2 Å². The first-order valence-electron chi connectivity index (χ1n) is 5.54. The first-order valence-corrected chi connectivity index (χ1v) is 6.30. The van der Waals surface area contributed by atoms with Gasteiger partial charge in [0.1, 0.15) is 0 Å². The van der Waals surface area contributed by atoms with Gasteiger partial charge in [-0.15, -0.1) is 0 Å².